The molecule has 0 saturated carbocycles. The molecule has 0 unspecified atom stereocenters. The van der Waals surface area contributed by atoms with Crippen molar-refractivity contribution in [1.82, 2.24) is 14.5 Å². The minimum Gasteiger partial charge on any atom is -0.337 e. The fraction of sp³-hybridized carbons (Fsp3) is 0.111. The number of imidazole rings is 1. The number of rotatable bonds is 1. The van der Waals surface area contributed by atoms with E-state index in [1.807, 2.05) is 29.8 Å². The maximum atomic E-state index is 5.13. The van der Waals surface area contributed by atoms with Gasteiger partial charge in [-0.2, -0.15) is 0 Å². The lowest BCUT2D eigenvalue weighted by Crippen LogP contribution is -1.96. The van der Waals surface area contributed by atoms with Gasteiger partial charge in [0.1, 0.15) is 0 Å². The fourth-order valence-corrected chi connectivity index (χ4v) is 1.57. The van der Waals surface area contributed by atoms with Crippen LogP contribution in [0.4, 0.5) is 0 Å². The van der Waals surface area contributed by atoms with Crippen LogP contribution in [0.5, 0.6) is 0 Å². The highest BCUT2D eigenvalue weighted by Crippen LogP contribution is 2.09. The molecule has 2 rings (SSSR count). The van der Waals surface area contributed by atoms with Crippen LogP contribution < -0.4 is 0 Å². The first-order chi connectivity index (χ1) is 6.29. The summed E-state index contributed by atoms with van der Waals surface area (Å²) < 4.78 is 2.65. The molecule has 1 N–H and O–H groups in total. The van der Waals surface area contributed by atoms with Crippen molar-refractivity contribution < 1.29 is 0 Å². The molecule has 0 bridgehead atoms. The van der Waals surface area contributed by atoms with Crippen molar-refractivity contribution in [3.8, 4) is 5.69 Å². The second-order valence-electron chi connectivity index (χ2n) is 2.78. The topological polar surface area (TPSA) is 33.6 Å². The Balaban J connectivity index is 2.65. The predicted octanol–water partition coefficient (Wildman–Crippen LogP) is 2.24. The number of aryl methyl sites for hydroxylation is 1. The SMILES string of the molecule is Cc1c[nH]c(=S)n1-c1cccnc1. The Morgan fingerprint density at radius 3 is 2.92 bits per heavy atom. The largest absolute Gasteiger partial charge is 0.337 e. The highest BCUT2D eigenvalue weighted by atomic mass is 32.1. The third-order valence-corrected chi connectivity index (χ3v) is 2.16. The average Bonchev–Trinajstić information content (AvgIpc) is 2.48. The molecule has 4 heteroatoms. The molecule has 2 heterocycles. The molecule has 3 nitrogen and oxygen atoms in total. The van der Waals surface area contributed by atoms with Crippen molar-refractivity contribution in [2.24, 2.45) is 0 Å². The van der Waals surface area contributed by atoms with Gasteiger partial charge in [0.25, 0.3) is 0 Å². The van der Waals surface area contributed by atoms with Crippen LogP contribution in [0.2, 0.25) is 0 Å². The lowest BCUT2D eigenvalue weighted by molar-refractivity contribution is 0.974. The number of hydrogen-bond acceptors (Lipinski definition) is 2. The second-order valence-corrected chi connectivity index (χ2v) is 3.17. The van der Waals surface area contributed by atoms with Gasteiger partial charge in [0.05, 0.1) is 11.9 Å². The number of nitrogens with zero attached hydrogens (tertiary/aromatic N) is 2. The van der Waals surface area contributed by atoms with E-state index >= 15 is 0 Å². The van der Waals surface area contributed by atoms with E-state index in [0.29, 0.717) is 4.77 Å². The zero-order chi connectivity index (χ0) is 9.26. The number of aromatic nitrogens is 3. The summed E-state index contributed by atoms with van der Waals surface area (Å²) in [5.74, 6) is 0. The van der Waals surface area contributed by atoms with Crippen LogP contribution >= 0.6 is 12.2 Å². The van der Waals surface area contributed by atoms with E-state index in [1.54, 1.807) is 12.4 Å². The van der Waals surface area contributed by atoms with Crippen molar-refractivity contribution >= 4 is 12.2 Å². The van der Waals surface area contributed by atoms with Crippen molar-refractivity contribution in [2.45, 2.75) is 6.92 Å². The lowest BCUT2D eigenvalue weighted by atomic mass is 10.4. The Kier molecular flexibility index (Phi) is 1.98. The van der Waals surface area contributed by atoms with Crippen LogP contribution in [0.15, 0.2) is 30.7 Å². The predicted molar refractivity (Wildman–Crippen MR) is 53.5 cm³/mol. The Hall–Kier alpha value is -1.42. The molecule has 0 radical (unpaired) electrons. The summed E-state index contributed by atoms with van der Waals surface area (Å²) in [6, 6.07) is 3.87. The number of nitrogens with one attached hydrogen (secondary N) is 1. The van der Waals surface area contributed by atoms with E-state index in [4.69, 9.17) is 12.2 Å². The zero-order valence-electron chi connectivity index (χ0n) is 7.19. The van der Waals surface area contributed by atoms with E-state index in [1.165, 1.54) is 0 Å². The van der Waals surface area contributed by atoms with Gasteiger partial charge in [-0.15, -0.1) is 0 Å². The highest BCUT2D eigenvalue weighted by Gasteiger charge is 2.00. The van der Waals surface area contributed by atoms with Crippen molar-refractivity contribution in [2.75, 3.05) is 0 Å². The van der Waals surface area contributed by atoms with E-state index in [2.05, 4.69) is 9.97 Å². The van der Waals surface area contributed by atoms with Crippen molar-refractivity contribution in [1.29, 1.82) is 0 Å². The summed E-state index contributed by atoms with van der Waals surface area (Å²) in [6.07, 6.45) is 5.42. The van der Waals surface area contributed by atoms with Gasteiger partial charge in [-0.1, -0.05) is 0 Å². The average molecular weight is 191 g/mol. The molecule has 2 aromatic heterocycles. The van der Waals surface area contributed by atoms with Gasteiger partial charge < -0.3 is 4.98 Å². The number of H-pyrrole nitrogens is 1. The first-order valence-corrected chi connectivity index (χ1v) is 4.37. The van der Waals surface area contributed by atoms with E-state index in [9.17, 15) is 0 Å². The van der Waals surface area contributed by atoms with Crippen molar-refractivity contribution in [3.63, 3.8) is 0 Å². The molecular weight excluding hydrogens is 182 g/mol. The zero-order valence-corrected chi connectivity index (χ0v) is 8.01. The summed E-state index contributed by atoms with van der Waals surface area (Å²) in [6.45, 7) is 2.00. The quantitative estimate of drug-likeness (QED) is 0.701. The first-order valence-electron chi connectivity index (χ1n) is 3.96. The Morgan fingerprint density at radius 2 is 2.38 bits per heavy atom. The molecule has 66 valence electrons. The maximum Gasteiger partial charge on any atom is 0.182 e. The highest BCUT2D eigenvalue weighted by molar-refractivity contribution is 7.71. The van der Waals surface area contributed by atoms with Crippen LogP contribution in [-0.4, -0.2) is 14.5 Å². The number of hydrogen-bond donors (Lipinski definition) is 1. The van der Waals surface area contributed by atoms with Gasteiger partial charge in [0, 0.05) is 18.1 Å². The van der Waals surface area contributed by atoms with Gasteiger partial charge in [0.2, 0.25) is 0 Å². The normalized spacial score (nSPS) is 10.2. The van der Waals surface area contributed by atoms with Crippen LogP contribution in [0.25, 0.3) is 5.69 Å². The molecule has 0 spiro atoms. The molecule has 0 fully saturated rings. The van der Waals surface area contributed by atoms with Crippen LogP contribution in [-0.2, 0) is 0 Å². The monoisotopic (exact) mass is 191 g/mol. The first kappa shape index (κ1) is 8.19. The molecular formula is C9H9N3S. The summed E-state index contributed by atoms with van der Waals surface area (Å²) >= 11 is 5.13. The molecule has 0 aromatic carbocycles. The standard InChI is InChI=1S/C9H9N3S/c1-7-5-11-9(13)12(7)8-3-2-4-10-6-8/h2-6H,1H3,(H,11,13). The molecule has 0 amide bonds. The third kappa shape index (κ3) is 1.40. The summed E-state index contributed by atoms with van der Waals surface area (Å²) in [7, 11) is 0. The molecule has 0 saturated heterocycles. The van der Waals surface area contributed by atoms with Gasteiger partial charge in [-0.25, -0.2) is 0 Å². The Bertz CT molecular complexity index is 455. The molecule has 0 aliphatic carbocycles. The van der Waals surface area contributed by atoms with Crippen LogP contribution in [0.3, 0.4) is 0 Å². The Morgan fingerprint density at radius 1 is 1.54 bits per heavy atom. The van der Waals surface area contributed by atoms with Gasteiger partial charge in [-0.3, -0.25) is 9.55 Å². The maximum absolute atomic E-state index is 5.13. The summed E-state index contributed by atoms with van der Waals surface area (Å²) in [5, 5.41) is 0. The van der Waals surface area contributed by atoms with Gasteiger partial charge in [0.15, 0.2) is 4.77 Å². The van der Waals surface area contributed by atoms with E-state index < -0.39 is 0 Å². The minimum absolute atomic E-state index is 0.700. The smallest absolute Gasteiger partial charge is 0.182 e. The van der Waals surface area contributed by atoms with E-state index in [0.717, 1.165) is 11.4 Å². The summed E-state index contributed by atoms with van der Waals surface area (Å²) in [5.41, 5.74) is 2.07. The van der Waals surface area contributed by atoms with Crippen molar-refractivity contribution in [3.05, 3.63) is 41.2 Å². The van der Waals surface area contributed by atoms with E-state index in [-0.39, 0.29) is 0 Å². The molecule has 0 atom stereocenters. The number of aromatic amines is 1. The third-order valence-electron chi connectivity index (χ3n) is 1.86. The summed E-state index contributed by atoms with van der Waals surface area (Å²) in [4.78, 5) is 7.03. The number of pyridine rings is 1. The van der Waals surface area contributed by atoms with Crippen LogP contribution in [0.1, 0.15) is 5.69 Å². The lowest BCUT2D eigenvalue weighted by Gasteiger charge is -2.02. The van der Waals surface area contributed by atoms with Gasteiger partial charge >= 0.3 is 0 Å². The molecule has 0 aliphatic rings. The second kappa shape index (κ2) is 3.14. The molecule has 0 aliphatic heterocycles. The fourth-order valence-electron chi connectivity index (χ4n) is 1.26. The van der Waals surface area contributed by atoms with Gasteiger partial charge in [-0.05, 0) is 31.3 Å². The minimum atomic E-state index is 0.700. The molecule has 2 aromatic rings. The Labute approximate surface area is 81.1 Å². The van der Waals surface area contributed by atoms with Crippen LogP contribution in [0, 0.1) is 11.7 Å². The molecule has 13 heavy (non-hydrogen) atoms.